The van der Waals surface area contributed by atoms with Crippen molar-refractivity contribution in [2.45, 2.75) is 13.8 Å². The van der Waals surface area contributed by atoms with Crippen LogP contribution in [0.25, 0.3) is 6.08 Å². The molecular formula is C21H20BrN3O4S. The van der Waals surface area contributed by atoms with Crippen molar-refractivity contribution in [3.8, 4) is 0 Å². The van der Waals surface area contributed by atoms with Crippen molar-refractivity contribution in [1.82, 2.24) is 5.32 Å². The zero-order valence-electron chi connectivity index (χ0n) is 16.5. The normalized spacial score (nSPS) is 18.9. The maximum absolute atomic E-state index is 13.2. The number of hydrogen-bond donors (Lipinski definition) is 1. The van der Waals surface area contributed by atoms with Crippen molar-refractivity contribution in [3.05, 3.63) is 51.2 Å². The Hall–Kier alpha value is -2.49. The first-order chi connectivity index (χ1) is 14.3. The molecule has 0 spiro atoms. The van der Waals surface area contributed by atoms with Gasteiger partial charge in [-0.25, -0.2) is 0 Å². The van der Waals surface area contributed by atoms with Gasteiger partial charge < -0.3 is 14.1 Å². The number of hydrogen-bond acceptors (Lipinski definition) is 6. The molecular weight excluding hydrogens is 470 g/mol. The third kappa shape index (κ3) is 4.05. The third-order valence-corrected chi connectivity index (χ3v) is 5.69. The van der Waals surface area contributed by atoms with E-state index in [4.69, 9.17) is 21.4 Å². The topological polar surface area (TPSA) is 75.0 Å². The number of rotatable bonds is 3. The van der Waals surface area contributed by atoms with Crippen LogP contribution >= 0.6 is 28.1 Å². The molecule has 0 unspecified atom stereocenters. The highest BCUT2D eigenvalue weighted by atomic mass is 79.9. The minimum absolute atomic E-state index is 0.0439. The van der Waals surface area contributed by atoms with Gasteiger partial charge in [0.25, 0.3) is 11.8 Å². The van der Waals surface area contributed by atoms with Crippen LogP contribution < -0.4 is 15.1 Å². The summed E-state index contributed by atoms with van der Waals surface area (Å²) in [4.78, 5) is 29.1. The molecule has 0 atom stereocenters. The van der Waals surface area contributed by atoms with E-state index in [1.807, 2.05) is 32.0 Å². The minimum atomic E-state index is -0.550. The van der Waals surface area contributed by atoms with Crippen molar-refractivity contribution in [3.63, 3.8) is 0 Å². The van der Waals surface area contributed by atoms with Gasteiger partial charge in [-0.2, -0.15) is 0 Å². The molecule has 7 nitrogen and oxygen atoms in total. The second kappa shape index (κ2) is 8.33. The predicted molar refractivity (Wildman–Crippen MR) is 122 cm³/mol. The zero-order valence-corrected chi connectivity index (χ0v) is 18.9. The Morgan fingerprint density at radius 2 is 1.77 bits per heavy atom. The van der Waals surface area contributed by atoms with Crippen molar-refractivity contribution < 1.29 is 18.7 Å². The average Bonchev–Trinajstić information content (AvgIpc) is 3.05. The van der Waals surface area contributed by atoms with Gasteiger partial charge >= 0.3 is 0 Å². The summed E-state index contributed by atoms with van der Waals surface area (Å²) in [6, 6.07) is 7.45. The molecule has 2 saturated heterocycles. The fraction of sp³-hybridized carbons (Fsp3) is 0.286. The molecule has 9 heteroatoms. The lowest BCUT2D eigenvalue weighted by molar-refractivity contribution is -0.122. The monoisotopic (exact) mass is 489 g/mol. The number of morpholine rings is 1. The lowest BCUT2D eigenvalue weighted by Gasteiger charge is -2.29. The van der Waals surface area contributed by atoms with E-state index in [9.17, 15) is 9.59 Å². The lowest BCUT2D eigenvalue weighted by Crippen LogP contribution is -2.54. The largest absolute Gasteiger partial charge is 0.440 e. The molecule has 0 radical (unpaired) electrons. The molecule has 1 aromatic heterocycles. The maximum atomic E-state index is 13.2. The van der Waals surface area contributed by atoms with Crippen molar-refractivity contribution in [2.24, 2.45) is 0 Å². The van der Waals surface area contributed by atoms with E-state index in [2.05, 4.69) is 26.1 Å². The molecule has 2 fully saturated rings. The number of aryl methyl sites for hydroxylation is 2. The van der Waals surface area contributed by atoms with Gasteiger partial charge in [0, 0.05) is 19.2 Å². The van der Waals surface area contributed by atoms with Gasteiger partial charge in [-0.1, -0.05) is 6.07 Å². The summed E-state index contributed by atoms with van der Waals surface area (Å²) in [5, 5.41) is 2.66. The SMILES string of the molecule is Cc1cc(C)cc(N2C(=O)/C(=C/c3cc(Br)c(N4CCOCC4)o3)C(=O)NC2=S)c1. The number of halogens is 1. The summed E-state index contributed by atoms with van der Waals surface area (Å²) in [6.45, 7) is 6.53. The maximum Gasteiger partial charge on any atom is 0.270 e. The summed E-state index contributed by atoms with van der Waals surface area (Å²) >= 11 is 8.77. The average molecular weight is 490 g/mol. The first-order valence-electron chi connectivity index (χ1n) is 9.45. The lowest BCUT2D eigenvalue weighted by atomic mass is 10.1. The van der Waals surface area contributed by atoms with Crippen molar-refractivity contribution in [1.29, 1.82) is 0 Å². The van der Waals surface area contributed by atoms with Crippen molar-refractivity contribution >= 4 is 62.7 Å². The van der Waals surface area contributed by atoms with Crippen LogP contribution in [0.5, 0.6) is 0 Å². The summed E-state index contributed by atoms with van der Waals surface area (Å²) in [7, 11) is 0. The van der Waals surface area contributed by atoms with Gasteiger partial charge in [0.05, 0.1) is 23.4 Å². The molecule has 2 aromatic rings. The Kier molecular flexibility index (Phi) is 5.77. The number of anilines is 2. The Labute approximate surface area is 187 Å². The Morgan fingerprint density at radius 1 is 1.10 bits per heavy atom. The van der Waals surface area contributed by atoms with E-state index in [0.717, 1.165) is 15.6 Å². The van der Waals surface area contributed by atoms with Crippen LogP contribution in [0.2, 0.25) is 0 Å². The minimum Gasteiger partial charge on any atom is -0.440 e. The number of furan rings is 1. The number of nitrogens with zero attached hydrogens (tertiary/aromatic N) is 2. The number of thiocarbonyl (C=S) groups is 1. The molecule has 0 aliphatic carbocycles. The molecule has 3 heterocycles. The van der Waals surface area contributed by atoms with E-state index in [-0.39, 0.29) is 10.7 Å². The molecule has 30 heavy (non-hydrogen) atoms. The molecule has 156 valence electrons. The van der Waals surface area contributed by atoms with E-state index in [0.29, 0.717) is 43.6 Å². The van der Waals surface area contributed by atoms with Crippen LogP contribution in [0.1, 0.15) is 16.9 Å². The molecule has 1 aromatic carbocycles. The number of carbonyl (C=O) groups excluding carboxylic acids is 2. The van der Waals surface area contributed by atoms with Gasteiger partial charge in [-0.3, -0.25) is 19.8 Å². The molecule has 4 rings (SSSR count). The van der Waals surface area contributed by atoms with E-state index >= 15 is 0 Å². The number of carbonyl (C=O) groups is 2. The molecule has 2 amide bonds. The second-order valence-corrected chi connectivity index (χ2v) is 8.45. The van der Waals surface area contributed by atoms with E-state index in [1.54, 1.807) is 6.07 Å². The molecule has 1 N–H and O–H groups in total. The van der Waals surface area contributed by atoms with Gasteiger partial charge in [-0.15, -0.1) is 0 Å². The van der Waals surface area contributed by atoms with Gasteiger partial charge in [0.2, 0.25) is 5.88 Å². The summed E-state index contributed by atoms with van der Waals surface area (Å²) in [5.74, 6) is 0.00539. The standard InChI is InChI=1S/C21H20BrN3O4S/c1-12-7-13(2)9-14(8-12)25-19(27)16(18(26)23-21(25)30)10-15-11-17(22)20(29-15)24-3-5-28-6-4-24/h7-11H,3-6H2,1-2H3,(H,23,26,30)/b16-10+. The molecule has 0 bridgehead atoms. The summed E-state index contributed by atoms with van der Waals surface area (Å²) in [6.07, 6.45) is 1.45. The van der Waals surface area contributed by atoms with Crippen LogP contribution in [0.15, 0.2) is 38.7 Å². The first kappa shape index (κ1) is 20.8. The van der Waals surface area contributed by atoms with Gasteiger partial charge in [-0.05, 0) is 71.3 Å². The fourth-order valence-electron chi connectivity index (χ4n) is 3.54. The molecule has 2 aliphatic rings. The van der Waals surface area contributed by atoms with E-state index in [1.165, 1.54) is 11.0 Å². The number of nitrogens with one attached hydrogen (secondary N) is 1. The zero-order chi connectivity index (χ0) is 21.4. The molecule has 2 aliphatic heterocycles. The Morgan fingerprint density at radius 3 is 2.43 bits per heavy atom. The van der Waals surface area contributed by atoms with Crippen LogP contribution in [-0.4, -0.2) is 43.2 Å². The quantitative estimate of drug-likeness (QED) is 0.404. The summed E-state index contributed by atoms with van der Waals surface area (Å²) < 4.78 is 12.0. The van der Waals surface area contributed by atoms with Gasteiger partial charge in [0.1, 0.15) is 11.3 Å². The highest BCUT2D eigenvalue weighted by Gasteiger charge is 2.35. The fourth-order valence-corrected chi connectivity index (χ4v) is 4.38. The highest BCUT2D eigenvalue weighted by molar-refractivity contribution is 9.10. The van der Waals surface area contributed by atoms with E-state index < -0.39 is 11.8 Å². The third-order valence-electron chi connectivity index (χ3n) is 4.84. The highest BCUT2D eigenvalue weighted by Crippen LogP contribution is 2.32. The van der Waals surface area contributed by atoms with Crippen molar-refractivity contribution in [2.75, 3.05) is 36.1 Å². The van der Waals surface area contributed by atoms with Gasteiger partial charge in [0.15, 0.2) is 5.11 Å². The summed E-state index contributed by atoms with van der Waals surface area (Å²) in [5.41, 5.74) is 2.56. The van der Waals surface area contributed by atoms with Crippen LogP contribution in [-0.2, 0) is 14.3 Å². The first-order valence-corrected chi connectivity index (χ1v) is 10.7. The number of ether oxygens (including phenoxy) is 1. The molecule has 0 saturated carbocycles. The van der Waals surface area contributed by atoms with Crippen LogP contribution in [0.4, 0.5) is 11.6 Å². The Balaban J connectivity index is 1.67. The second-order valence-electron chi connectivity index (χ2n) is 7.21. The Bertz CT molecular complexity index is 1050. The smallest absolute Gasteiger partial charge is 0.270 e. The predicted octanol–water partition coefficient (Wildman–Crippen LogP) is 3.33. The van der Waals surface area contributed by atoms with Crippen LogP contribution in [0.3, 0.4) is 0 Å². The number of benzene rings is 1. The van der Waals surface area contributed by atoms with Crippen LogP contribution in [0, 0.1) is 13.8 Å². The number of amides is 2.